The molecule has 0 aliphatic carbocycles. The zero-order chi connectivity index (χ0) is 13.3. The van der Waals surface area contributed by atoms with Crippen LogP contribution in [0.2, 0.25) is 0 Å². The molecule has 0 spiro atoms. The van der Waals surface area contributed by atoms with E-state index in [4.69, 9.17) is 5.11 Å². The summed E-state index contributed by atoms with van der Waals surface area (Å²) in [5.41, 5.74) is 0.903. The largest absolute Gasteiger partial charge is 0.395 e. The van der Waals surface area contributed by atoms with Gasteiger partial charge in [0.25, 0.3) is 11.8 Å². The molecule has 0 bridgehead atoms. The Bertz CT molecular complexity index is 452. The molecule has 1 aliphatic heterocycles. The molecule has 5 heteroatoms. The number of rotatable bonds is 4. The molecule has 1 heterocycles. The van der Waals surface area contributed by atoms with Crippen LogP contribution >= 0.6 is 0 Å². The summed E-state index contributed by atoms with van der Waals surface area (Å²) in [6, 6.07) is 6.70. The normalized spacial score (nSPS) is 16.3. The van der Waals surface area contributed by atoms with Gasteiger partial charge in [0, 0.05) is 6.04 Å². The van der Waals surface area contributed by atoms with Crippen LogP contribution in [0.3, 0.4) is 0 Å². The standard InChI is InChI=1S/C13H16N2O3/c1-9(7-16)14(2)8-15-12(17)10-5-3-4-6-11(10)13(15)18/h3-6,9,16H,7-8H2,1-2H3. The smallest absolute Gasteiger partial charge is 0.262 e. The van der Waals surface area contributed by atoms with Gasteiger partial charge in [0.05, 0.1) is 24.4 Å². The van der Waals surface area contributed by atoms with Crippen molar-refractivity contribution >= 4 is 11.8 Å². The molecule has 2 rings (SSSR count). The maximum atomic E-state index is 12.1. The molecule has 1 aromatic carbocycles. The summed E-state index contributed by atoms with van der Waals surface area (Å²) in [5, 5.41) is 9.05. The van der Waals surface area contributed by atoms with E-state index >= 15 is 0 Å². The quantitative estimate of drug-likeness (QED) is 0.791. The Hall–Kier alpha value is -1.72. The highest BCUT2D eigenvalue weighted by Gasteiger charge is 2.35. The number of carbonyl (C=O) groups is 2. The lowest BCUT2D eigenvalue weighted by Gasteiger charge is -2.26. The number of hydrogen-bond donors (Lipinski definition) is 1. The minimum Gasteiger partial charge on any atom is -0.395 e. The number of amides is 2. The molecule has 96 valence electrons. The van der Waals surface area contributed by atoms with Crippen LogP contribution in [0, 0.1) is 0 Å². The minimum atomic E-state index is -0.271. The number of aliphatic hydroxyl groups excluding tert-OH is 1. The maximum Gasteiger partial charge on any atom is 0.262 e. The molecule has 18 heavy (non-hydrogen) atoms. The fourth-order valence-electron chi connectivity index (χ4n) is 1.87. The lowest BCUT2D eigenvalue weighted by Crippen LogP contribution is -2.44. The number of nitrogens with zero attached hydrogens (tertiary/aromatic N) is 2. The van der Waals surface area contributed by atoms with Crippen molar-refractivity contribution in [3.05, 3.63) is 35.4 Å². The third-order valence-corrected chi connectivity index (χ3v) is 3.26. The molecule has 2 amide bonds. The second-order valence-corrected chi connectivity index (χ2v) is 4.51. The van der Waals surface area contributed by atoms with Crippen molar-refractivity contribution < 1.29 is 14.7 Å². The Balaban J connectivity index is 2.19. The topological polar surface area (TPSA) is 60.9 Å². The van der Waals surface area contributed by atoms with Crippen molar-refractivity contribution in [2.24, 2.45) is 0 Å². The lowest BCUT2D eigenvalue weighted by atomic mass is 10.1. The zero-order valence-electron chi connectivity index (χ0n) is 10.5. The molecule has 1 N–H and O–H groups in total. The summed E-state index contributed by atoms with van der Waals surface area (Å²) in [5.74, 6) is -0.542. The van der Waals surface area contributed by atoms with E-state index in [0.29, 0.717) is 11.1 Å². The minimum absolute atomic E-state index is 0.0142. The van der Waals surface area contributed by atoms with E-state index < -0.39 is 0 Å². The van der Waals surface area contributed by atoms with Crippen LogP contribution in [0.5, 0.6) is 0 Å². The Morgan fingerprint density at radius 2 is 1.72 bits per heavy atom. The summed E-state index contributed by atoms with van der Waals surface area (Å²) in [7, 11) is 1.77. The molecule has 1 aromatic rings. The first kappa shape index (κ1) is 12.7. The average Bonchev–Trinajstić information content (AvgIpc) is 2.63. The fourth-order valence-corrected chi connectivity index (χ4v) is 1.87. The molecular formula is C13H16N2O3. The Morgan fingerprint density at radius 3 is 2.17 bits per heavy atom. The zero-order valence-corrected chi connectivity index (χ0v) is 10.5. The predicted molar refractivity (Wildman–Crippen MR) is 66.1 cm³/mol. The monoisotopic (exact) mass is 248 g/mol. The first-order valence-corrected chi connectivity index (χ1v) is 5.82. The van der Waals surface area contributed by atoms with E-state index in [1.54, 1.807) is 36.2 Å². The van der Waals surface area contributed by atoms with Crippen LogP contribution in [0.4, 0.5) is 0 Å². The van der Waals surface area contributed by atoms with Gasteiger partial charge in [-0.2, -0.15) is 0 Å². The molecule has 5 nitrogen and oxygen atoms in total. The molecule has 0 saturated carbocycles. The van der Waals surface area contributed by atoms with Crippen molar-refractivity contribution in [1.29, 1.82) is 0 Å². The van der Waals surface area contributed by atoms with Gasteiger partial charge in [-0.25, -0.2) is 0 Å². The molecule has 0 aromatic heterocycles. The molecule has 1 atom stereocenters. The summed E-state index contributed by atoms with van der Waals surface area (Å²) < 4.78 is 0. The maximum absolute atomic E-state index is 12.1. The van der Waals surface area contributed by atoms with Crippen LogP contribution in [0.15, 0.2) is 24.3 Å². The van der Waals surface area contributed by atoms with Crippen molar-refractivity contribution in [3.63, 3.8) is 0 Å². The van der Waals surface area contributed by atoms with Gasteiger partial charge in [-0.1, -0.05) is 12.1 Å². The number of imide groups is 1. The molecule has 0 radical (unpaired) electrons. The van der Waals surface area contributed by atoms with E-state index in [0.717, 1.165) is 0 Å². The summed E-state index contributed by atoms with van der Waals surface area (Å²) in [6.07, 6.45) is 0. The van der Waals surface area contributed by atoms with Gasteiger partial charge >= 0.3 is 0 Å². The van der Waals surface area contributed by atoms with E-state index in [2.05, 4.69) is 0 Å². The van der Waals surface area contributed by atoms with Crippen molar-refractivity contribution in [2.75, 3.05) is 20.3 Å². The van der Waals surface area contributed by atoms with Crippen LogP contribution in [-0.2, 0) is 0 Å². The molecule has 1 aliphatic rings. The number of likely N-dealkylation sites (N-methyl/N-ethyl adjacent to an activating group) is 1. The average molecular weight is 248 g/mol. The SMILES string of the molecule is CC(CO)N(C)CN1C(=O)c2ccccc2C1=O. The lowest BCUT2D eigenvalue weighted by molar-refractivity contribution is 0.0490. The second-order valence-electron chi connectivity index (χ2n) is 4.51. The number of carbonyl (C=O) groups excluding carboxylic acids is 2. The summed E-state index contributed by atoms with van der Waals surface area (Å²) in [6.45, 7) is 2.01. The van der Waals surface area contributed by atoms with Gasteiger partial charge in [-0.3, -0.25) is 19.4 Å². The van der Waals surface area contributed by atoms with E-state index in [1.807, 2.05) is 6.92 Å². The highest BCUT2D eigenvalue weighted by atomic mass is 16.3. The molecule has 1 unspecified atom stereocenters. The van der Waals surface area contributed by atoms with Crippen molar-refractivity contribution in [1.82, 2.24) is 9.80 Å². The van der Waals surface area contributed by atoms with Crippen LogP contribution in [0.1, 0.15) is 27.6 Å². The Kier molecular flexibility index (Phi) is 3.45. The predicted octanol–water partition coefficient (Wildman–Crippen LogP) is 0.553. The second kappa shape index (κ2) is 4.88. The summed E-state index contributed by atoms with van der Waals surface area (Å²) >= 11 is 0. The number of aliphatic hydroxyl groups is 1. The summed E-state index contributed by atoms with van der Waals surface area (Å²) in [4.78, 5) is 27.1. The molecular weight excluding hydrogens is 232 g/mol. The van der Waals surface area contributed by atoms with Crippen molar-refractivity contribution in [3.8, 4) is 0 Å². The van der Waals surface area contributed by atoms with Gasteiger partial charge in [0.15, 0.2) is 0 Å². The Morgan fingerprint density at radius 1 is 1.22 bits per heavy atom. The Labute approximate surface area is 106 Å². The first-order chi connectivity index (χ1) is 8.56. The van der Waals surface area contributed by atoms with Gasteiger partial charge in [0.2, 0.25) is 0 Å². The van der Waals surface area contributed by atoms with Gasteiger partial charge in [-0.05, 0) is 26.1 Å². The van der Waals surface area contributed by atoms with Gasteiger partial charge in [-0.15, -0.1) is 0 Å². The third-order valence-electron chi connectivity index (χ3n) is 3.26. The van der Waals surface area contributed by atoms with E-state index in [9.17, 15) is 9.59 Å². The molecule has 0 saturated heterocycles. The van der Waals surface area contributed by atoms with E-state index in [-0.39, 0.29) is 31.1 Å². The highest BCUT2D eigenvalue weighted by Crippen LogP contribution is 2.22. The van der Waals surface area contributed by atoms with Crippen LogP contribution < -0.4 is 0 Å². The fraction of sp³-hybridized carbons (Fsp3) is 0.385. The highest BCUT2D eigenvalue weighted by molar-refractivity contribution is 6.21. The first-order valence-electron chi connectivity index (χ1n) is 5.82. The third kappa shape index (κ3) is 2.02. The van der Waals surface area contributed by atoms with Crippen molar-refractivity contribution in [2.45, 2.75) is 13.0 Å². The van der Waals surface area contributed by atoms with Crippen LogP contribution in [-0.4, -0.2) is 53.1 Å². The van der Waals surface area contributed by atoms with Gasteiger partial charge < -0.3 is 5.11 Å². The number of hydrogen-bond acceptors (Lipinski definition) is 4. The number of fused-ring (bicyclic) bond motifs is 1. The van der Waals surface area contributed by atoms with E-state index in [1.165, 1.54) is 4.90 Å². The van der Waals surface area contributed by atoms with Crippen LogP contribution in [0.25, 0.3) is 0 Å². The molecule has 0 fully saturated rings. The van der Waals surface area contributed by atoms with Gasteiger partial charge in [0.1, 0.15) is 0 Å². The number of benzene rings is 1.